The number of carbonyl (C=O) groups is 2. The van der Waals surface area contributed by atoms with Gasteiger partial charge in [0.1, 0.15) is 5.69 Å². The monoisotopic (exact) mass is 506 g/mol. The third kappa shape index (κ3) is 5.94. The molecule has 186 valence electrons. The summed E-state index contributed by atoms with van der Waals surface area (Å²) >= 11 is 6.01. The van der Waals surface area contributed by atoms with Crippen LogP contribution in [0.4, 0.5) is 0 Å². The Morgan fingerprint density at radius 1 is 0.944 bits per heavy atom. The number of carboxylic acid groups (broad SMARTS) is 2. The van der Waals surface area contributed by atoms with E-state index in [1.165, 1.54) is 6.07 Å². The Labute approximate surface area is 213 Å². The van der Waals surface area contributed by atoms with Gasteiger partial charge in [-0.1, -0.05) is 41.9 Å². The van der Waals surface area contributed by atoms with E-state index < -0.39 is 18.0 Å². The van der Waals surface area contributed by atoms with Gasteiger partial charge in [0.2, 0.25) is 0 Å². The third-order valence-electron chi connectivity index (χ3n) is 6.13. The van der Waals surface area contributed by atoms with Crippen molar-refractivity contribution in [3.05, 3.63) is 106 Å². The lowest BCUT2D eigenvalue weighted by Crippen LogP contribution is -2.32. The predicted octanol–water partition coefficient (Wildman–Crippen LogP) is 4.99. The number of aliphatic hydroxyl groups is 1. The smallest absolute Gasteiger partial charge is 0.352 e. The number of aromatic carboxylic acids is 2. The van der Waals surface area contributed by atoms with Crippen molar-refractivity contribution < 1.29 is 24.9 Å². The summed E-state index contributed by atoms with van der Waals surface area (Å²) in [4.78, 5) is 23.3. The molecule has 2 unspecified atom stereocenters. The SMILES string of the molecule is CC(Cc1ccc2c(c1)cc(C(=O)O)n2Cc1cccc(C(=O)O)c1)NCC(O)c1cccc(Cl)c1. The maximum atomic E-state index is 11.9. The Bertz CT molecular complexity index is 1410. The zero-order valence-electron chi connectivity index (χ0n) is 19.7. The van der Waals surface area contributed by atoms with Crippen LogP contribution in [-0.2, 0) is 13.0 Å². The number of aliphatic hydroxyl groups excluding tert-OH is 1. The molecule has 0 aliphatic rings. The van der Waals surface area contributed by atoms with Gasteiger partial charge in [0, 0.05) is 35.1 Å². The maximum Gasteiger partial charge on any atom is 0.352 e. The van der Waals surface area contributed by atoms with Gasteiger partial charge < -0.3 is 25.2 Å². The Kier molecular flexibility index (Phi) is 7.74. The molecule has 0 aliphatic heterocycles. The average molecular weight is 507 g/mol. The van der Waals surface area contributed by atoms with Crippen LogP contribution in [0.2, 0.25) is 5.02 Å². The van der Waals surface area contributed by atoms with Crippen LogP contribution in [-0.4, -0.2) is 44.4 Å². The molecule has 0 saturated heterocycles. The minimum absolute atomic E-state index is 0.0658. The highest BCUT2D eigenvalue weighted by atomic mass is 35.5. The molecule has 0 spiro atoms. The quantitative estimate of drug-likeness (QED) is 0.241. The topological polar surface area (TPSA) is 112 Å². The Morgan fingerprint density at radius 3 is 2.44 bits per heavy atom. The van der Waals surface area contributed by atoms with Crippen LogP contribution in [0.15, 0.2) is 72.8 Å². The van der Waals surface area contributed by atoms with Gasteiger partial charge in [-0.2, -0.15) is 0 Å². The number of rotatable bonds is 10. The molecule has 0 amide bonds. The van der Waals surface area contributed by atoms with E-state index in [0.29, 0.717) is 23.6 Å². The first-order valence-electron chi connectivity index (χ1n) is 11.6. The molecular formula is C28H27ClN2O5. The van der Waals surface area contributed by atoms with E-state index in [1.54, 1.807) is 47.0 Å². The van der Waals surface area contributed by atoms with Crippen LogP contribution in [0.5, 0.6) is 0 Å². The highest BCUT2D eigenvalue weighted by Gasteiger charge is 2.17. The molecule has 0 aliphatic carbocycles. The van der Waals surface area contributed by atoms with E-state index in [9.17, 15) is 24.9 Å². The molecule has 1 aromatic heterocycles. The van der Waals surface area contributed by atoms with Crippen molar-refractivity contribution in [3.8, 4) is 0 Å². The van der Waals surface area contributed by atoms with E-state index in [1.807, 2.05) is 31.2 Å². The molecule has 8 heteroatoms. The fraction of sp³-hybridized carbons (Fsp3) is 0.214. The molecule has 3 aromatic carbocycles. The molecule has 7 nitrogen and oxygen atoms in total. The molecule has 0 radical (unpaired) electrons. The lowest BCUT2D eigenvalue weighted by molar-refractivity contribution is 0.0678. The van der Waals surface area contributed by atoms with Crippen LogP contribution in [0.25, 0.3) is 10.9 Å². The first-order valence-corrected chi connectivity index (χ1v) is 11.9. The minimum Gasteiger partial charge on any atom is -0.478 e. The van der Waals surface area contributed by atoms with Gasteiger partial charge >= 0.3 is 11.9 Å². The van der Waals surface area contributed by atoms with Gasteiger partial charge in [-0.15, -0.1) is 0 Å². The summed E-state index contributed by atoms with van der Waals surface area (Å²) in [5, 5.41) is 34.2. The number of nitrogens with one attached hydrogen (secondary N) is 1. The predicted molar refractivity (Wildman–Crippen MR) is 139 cm³/mol. The maximum absolute atomic E-state index is 11.9. The van der Waals surface area contributed by atoms with Crippen molar-refractivity contribution in [1.29, 1.82) is 0 Å². The second kappa shape index (κ2) is 11.0. The zero-order chi connectivity index (χ0) is 25.8. The molecule has 36 heavy (non-hydrogen) atoms. The summed E-state index contributed by atoms with van der Waals surface area (Å²) in [5.74, 6) is -2.08. The van der Waals surface area contributed by atoms with Crippen molar-refractivity contribution in [2.24, 2.45) is 0 Å². The van der Waals surface area contributed by atoms with Crippen LogP contribution in [0, 0.1) is 0 Å². The standard InChI is InChI=1S/C28H27ClN2O5/c1-17(30-15-26(32)20-5-3-7-23(29)13-20)10-18-8-9-24-22(11-18)14-25(28(35)36)31(24)16-19-4-2-6-21(12-19)27(33)34/h2-9,11-14,17,26,30,32H,10,15-16H2,1H3,(H,33,34)(H,35,36). The van der Waals surface area contributed by atoms with Crippen LogP contribution >= 0.6 is 11.6 Å². The average Bonchev–Trinajstić information content (AvgIpc) is 3.20. The summed E-state index contributed by atoms with van der Waals surface area (Å²) in [6, 6.07) is 21.2. The normalized spacial score (nSPS) is 13.0. The fourth-order valence-electron chi connectivity index (χ4n) is 4.35. The minimum atomic E-state index is -1.05. The molecule has 0 bridgehead atoms. The lowest BCUT2D eigenvalue weighted by atomic mass is 10.0. The van der Waals surface area contributed by atoms with Crippen molar-refractivity contribution >= 4 is 34.4 Å². The second-order valence-corrected chi connectivity index (χ2v) is 9.34. The molecule has 4 rings (SSSR count). The number of carboxylic acids is 2. The first kappa shape index (κ1) is 25.4. The van der Waals surface area contributed by atoms with E-state index >= 15 is 0 Å². The summed E-state index contributed by atoms with van der Waals surface area (Å²) < 4.78 is 1.69. The number of hydrogen-bond acceptors (Lipinski definition) is 4. The number of benzene rings is 3. The van der Waals surface area contributed by atoms with E-state index in [0.717, 1.165) is 22.0 Å². The zero-order valence-corrected chi connectivity index (χ0v) is 20.4. The fourth-order valence-corrected chi connectivity index (χ4v) is 4.55. The number of aromatic nitrogens is 1. The summed E-state index contributed by atoms with van der Waals surface area (Å²) in [6.07, 6.45) is 0.00678. The van der Waals surface area contributed by atoms with Crippen molar-refractivity contribution in [2.45, 2.75) is 32.0 Å². The molecular weight excluding hydrogens is 480 g/mol. The van der Waals surface area contributed by atoms with Gasteiger partial charge in [-0.3, -0.25) is 0 Å². The van der Waals surface area contributed by atoms with Gasteiger partial charge in [-0.05, 0) is 72.5 Å². The summed E-state index contributed by atoms with van der Waals surface area (Å²) in [6.45, 7) is 2.64. The van der Waals surface area contributed by atoms with Gasteiger partial charge in [0.25, 0.3) is 0 Å². The van der Waals surface area contributed by atoms with Crippen LogP contribution in [0.3, 0.4) is 0 Å². The van der Waals surface area contributed by atoms with Gasteiger partial charge in [0.15, 0.2) is 0 Å². The molecule has 0 fully saturated rings. The number of fused-ring (bicyclic) bond motifs is 1. The van der Waals surface area contributed by atoms with Crippen LogP contribution in [0.1, 0.15) is 50.6 Å². The molecule has 0 saturated carbocycles. The molecule has 4 aromatic rings. The third-order valence-corrected chi connectivity index (χ3v) is 6.37. The van der Waals surface area contributed by atoms with Crippen LogP contribution < -0.4 is 5.32 Å². The summed E-state index contributed by atoms with van der Waals surface area (Å²) in [7, 11) is 0. The molecule has 4 N–H and O–H groups in total. The largest absolute Gasteiger partial charge is 0.478 e. The Morgan fingerprint density at radius 2 is 1.72 bits per heavy atom. The van der Waals surface area contributed by atoms with Crippen molar-refractivity contribution in [2.75, 3.05) is 6.54 Å². The highest BCUT2D eigenvalue weighted by molar-refractivity contribution is 6.30. The lowest BCUT2D eigenvalue weighted by Gasteiger charge is -2.18. The number of hydrogen-bond donors (Lipinski definition) is 4. The van der Waals surface area contributed by atoms with E-state index in [4.69, 9.17) is 11.6 Å². The second-order valence-electron chi connectivity index (χ2n) is 8.90. The van der Waals surface area contributed by atoms with E-state index in [-0.39, 0.29) is 23.8 Å². The van der Waals surface area contributed by atoms with Gasteiger partial charge in [0.05, 0.1) is 11.7 Å². The molecule has 2 atom stereocenters. The van der Waals surface area contributed by atoms with Crippen molar-refractivity contribution in [1.82, 2.24) is 9.88 Å². The van der Waals surface area contributed by atoms with Gasteiger partial charge in [-0.25, -0.2) is 9.59 Å². The van der Waals surface area contributed by atoms with E-state index in [2.05, 4.69) is 5.32 Å². The Hall–Kier alpha value is -3.65. The first-order chi connectivity index (χ1) is 17.2. The Balaban J connectivity index is 1.49. The summed E-state index contributed by atoms with van der Waals surface area (Å²) in [5.41, 5.74) is 3.54. The number of halogens is 1. The highest BCUT2D eigenvalue weighted by Crippen LogP contribution is 2.24. The van der Waals surface area contributed by atoms with Crippen molar-refractivity contribution in [3.63, 3.8) is 0 Å². The number of nitrogens with zero attached hydrogens (tertiary/aromatic N) is 1. The molecule has 1 heterocycles.